The Hall–Kier alpha value is -0.0400. The fourth-order valence-corrected chi connectivity index (χ4v) is 1.71. The number of unbranched alkanes of at least 4 members (excludes halogenated alkanes) is 1. The molecule has 0 radical (unpaired) electrons. The van der Waals surface area contributed by atoms with Crippen LogP contribution in [-0.4, -0.2) is 11.7 Å². The number of hydrogen-bond acceptors (Lipinski definition) is 1. The van der Waals surface area contributed by atoms with Gasteiger partial charge in [-0.1, -0.05) is 46.0 Å². The second kappa shape index (κ2) is 9.05. The van der Waals surface area contributed by atoms with Gasteiger partial charge in [0.25, 0.3) is 0 Å². The largest absolute Gasteiger partial charge is 0.396 e. The van der Waals surface area contributed by atoms with E-state index in [2.05, 4.69) is 13.8 Å². The molecule has 0 amide bonds. The molecule has 0 aromatic rings. The van der Waals surface area contributed by atoms with Crippen LogP contribution in [0.25, 0.3) is 0 Å². The lowest BCUT2D eigenvalue weighted by atomic mass is 9.93. The minimum absolute atomic E-state index is 0.367. The van der Waals surface area contributed by atoms with Crippen molar-refractivity contribution in [3.05, 3.63) is 0 Å². The molecule has 1 atom stereocenters. The summed E-state index contributed by atoms with van der Waals surface area (Å²) in [5.41, 5.74) is 0. The predicted molar refractivity (Wildman–Crippen MR) is 54.2 cm³/mol. The van der Waals surface area contributed by atoms with Crippen LogP contribution in [0, 0.1) is 5.92 Å². The van der Waals surface area contributed by atoms with Crippen molar-refractivity contribution in [3.8, 4) is 0 Å². The number of hydrogen-bond donors (Lipinski definition) is 1. The predicted octanol–water partition coefficient (Wildman–Crippen LogP) is 3.37. The van der Waals surface area contributed by atoms with Gasteiger partial charge in [-0.15, -0.1) is 0 Å². The van der Waals surface area contributed by atoms with Gasteiger partial charge in [0.05, 0.1) is 0 Å². The van der Waals surface area contributed by atoms with Gasteiger partial charge in [-0.25, -0.2) is 0 Å². The van der Waals surface area contributed by atoms with Gasteiger partial charge in [-0.05, 0) is 18.8 Å². The second-order valence-corrected chi connectivity index (χ2v) is 3.66. The monoisotopic (exact) mass is 172 g/mol. The fourth-order valence-electron chi connectivity index (χ4n) is 1.71. The molecule has 0 aromatic heterocycles. The highest BCUT2D eigenvalue weighted by Gasteiger charge is 2.05. The quantitative estimate of drug-likeness (QED) is 0.595. The normalized spacial score (nSPS) is 13.2. The summed E-state index contributed by atoms with van der Waals surface area (Å²) in [6, 6.07) is 0. The molecule has 74 valence electrons. The Morgan fingerprint density at radius 3 is 2.08 bits per heavy atom. The van der Waals surface area contributed by atoms with Gasteiger partial charge < -0.3 is 5.11 Å². The van der Waals surface area contributed by atoms with Crippen LogP contribution in [0.5, 0.6) is 0 Å². The van der Waals surface area contributed by atoms with Gasteiger partial charge in [0.15, 0.2) is 0 Å². The molecule has 0 bridgehead atoms. The summed E-state index contributed by atoms with van der Waals surface area (Å²) in [5, 5.41) is 8.71. The van der Waals surface area contributed by atoms with Crippen molar-refractivity contribution < 1.29 is 5.11 Å². The molecule has 0 rings (SSSR count). The zero-order chi connectivity index (χ0) is 9.23. The first-order valence-corrected chi connectivity index (χ1v) is 5.46. The maximum Gasteiger partial charge on any atom is 0.0431 e. The Labute approximate surface area is 77.2 Å². The summed E-state index contributed by atoms with van der Waals surface area (Å²) in [6.45, 7) is 4.86. The molecule has 0 aliphatic heterocycles. The van der Waals surface area contributed by atoms with E-state index in [-0.39, 0.29) is 0 Å². The molecule has 1 nitrogen and oxygen atoms in total. The van der Waals surface area contributed by atoms with Gasteiger partial charge in [0.2, 0.25) is 0 Å². The van der Waals surface area contributed by atoms with Crippen molar-refractivity contribution in [1.82, 2.24) is 0 Å². The summed E-state index contributed by atoms with van der Waals surface area (Å²) in [5.74, 6) is 0.877. The molecule has 0 saturated carbocycles. The molecule has 0 saturated heterocycles. The molecule has 0 aliphatic carbocycles. The lowest BCUT2D eigenvalue weighted by Gasteiger charge is -2.14. The molecular weight excluding hydrogens is 148 g/mol. The smallest absolute Gasteiger partial charge is 0.0431 e. The van der Waals surface area contributed by atoms with Crippen molar-refractivity contribution in [2.45, 2.75) is 58.8 Å². The van der Waals surface area contributed by atoms with Gasteiger partial charge in [-0.2, -0.15) is 0 Å². The van der Waals surface area contributed by atoms with Crippen molar-refractivity contribution in [2.24, 2.45) is 5.92 Å². The molecule has 12 heavy (non-hydrogen) atoms. The first-order chi connectivity index (χ1) is 5.85. The van der Waals surface area contributed by atoms with E-state index in [0.29, 0.717) is 6.61 Å². The average Bonchev–Trinajstić information content (AvgIpc) is 2.10. The van der Waals surface area contributed by atoms with Crippen molar-refractivity contribution in [1.29, 1.82) is 0 Å². The lowest BCUT2D eigenvalue weighted by molar-refractivity contribution is 0.263. The highest BCUT2D eigenvalue weighted by Crippen LogP contribution is 2.19. The van der Waals surface area contributed by atoms with Gasteiger partial charge in [0, 0.05) is 6.61 Å². The van der Waals surface area contributed by atoms with E-state index in [1.807, 2.05) is 0 Å². The summed E-state index contributed by atoms with van der Waals surface area (Å²) in [4.78, 5) is 0. The molecule has 0 spiro atoms. The maximum absolute atomic E-state index is 8.71. The third-order valence-electron chi connectivity index (χ3n) is 2.43. The standard InChI is InChI=1S/C11H24O/c1-3-5-8-11(7-4-2)9-6-10-12/h11-12H,3-10H2,1-2H3/t11-/m0/s1. The number of rotatable bonds is 8. The molecule has 1 N–H and O–H groups in total. The summed E-state index contributed by atoms with van der Waals surface area (Å²) >= 11 is 0. The Morgan fingerprint density at radius 1 is 0.917 bits per heavy atom. The zero-order valence-electron chi connectivity index (χ0n) is 8.68. The molecule has 0 heterocycles. The van der Waals surface area contributed by atoms with Crippen LogP contribution in [0.1, 0.15) is 58.8 Å². The van der Waals surface area contributed by atoms with Crippen LogP contribution >= 0.6 is 0 Å². The van der Waals surface area contributed by atoms with Gasteiger partial charge in [0.1, 0.15) is 0 Å². The van der Waals surface area contributed by atoms with Crippen molar-refractivity contribution in [2.75, 3.05) is 6.61 Å². The Balaban J connectivity index is 3.40. The average molecular weight is 172 g/mol. The molecule has 1 heteroatoms. The van der Waals surface area contributed by atoms with Crippen LogP contribution < -0.4 is 0 Å². The van der Waals surface area contributed by atoms with Crippen LogP contribution in [0.4, 0.5) is 0 Å². The van der Waals surface area contributed by atoms with Crippen LogP contribution in [-0.2, 0) is 0 Å². The Bertz CT molecular complexity index is 73.1. The molecule has 0 fully saturated rings. The van der Waals surface area contributed by atoms with E-state index in [9.17, 15) is 0 Å². The number of aliphatic hydroxyl groups is 1. The second-order valence-electron chi connectivity index (χ2n) is 3.66. The first-order valence-electron chi connectivity index (χ1n) is 5.46. The summed E-state index contributed by atoms with van der Waals surface area (Å²) < 4.78 is 0. The van der Waals surface area contributed by atoms with Gasteiger partial charge >= 0.3 is 0 Å². The SMILES string of the molecule is CCCC[C@H](CCC)CCCO. The molecule has 0 unspecified atom stereocenters. The first kappa shape index (κ1) is 12.0. The molecule has 0 aromatic carbocycles. The van der Waals surface area contributed by atoms with E-state index < -0.39 is 0 Å². The van der Waals surface area contributed by atoms with Crippen LogP contribution in [0.2, 0.25) is 0 Å². The highest BCUT2D eigenvalue weighted by atomic mass is 16.2. The Kier molecular flexibility index (Phi) is 9.02. The topological polar surface area (TPSA) is 20.2 Å². The third-order valence-corrected chi connectivity index (χ3v) is 2.43. The lowest BCUT2D eigenvalue weighted by Crippen LogP contribution is -2.01. The van der Waals surface area contributed by atoms with Gasteiger partial charge in [-0.3, -0.25) is 0 Å². The minimum Gasteiger partial charge on any atom is -0.396 e. The minimum atomic E-state index is 0.367. The summed E-state index contributed by atoms with van der Waals surface area (Å²) in [6.07, 6.45) is 8.89. The highest BCUT2D eigenvalue weighted by molar-refractivity contribution is 4.58. The van der Waals surface area contributed by atoms with Crippen LogP contribution in [0.3, 0.4) is 0 Å². The zero-order valence-corrected chi connectivity index (χ0v) is 8.68. The third kappa shape index (κ3) is 6.66. The van der Waals surface area contributed by atoms with Crippen LogP contribution in [0.15, 0.2) is 0 Å². The molecular formula is C11H24O. The summed E-state index contributed by atoms with van der Waals surface area (Å²) in [7, 11) is 0. The number of aliphatic hydroxyl groups excluding tert-OH is 1. The Morgan fingerprint density at radius 2 is 1.58 bits per heavy atom. The van der Waals surface area contributed by atoms with Crippen molar-refractivity contribution in [3.63, 3.8) is 0 Å². The van der Waals surface area contributed by atoms with Crippen molar-refractivity contribution >= 4 is 0 Å². The van der Waals surface area contributed by atoms with E-state index >= 15 is 0 Å². The van der Waals surface area contributed by atoms with E-state index in [1.165, 1.54) is 38.5 Å². The molecule has 0 aliphatic rings. The fraction of sp³-hybridized carbons (Fsp3) is 1.00. The maximum atomic E-state index is 8.71. The van der Waals surface area contributed by atoms with E-state index in [0.717, 1.165) is 12.3 Å². The van der Waals surface area contributed by atoms with E-state index in [4.69, 9.17) is 5.11 Å². The van der Waals surface area contributed by atoms with E-state index in [1.54, 1.807) is 0 Å².